The second kappa shape index (κ2) is 7.15. The standard InChI is InChI=1S/C23H23N3O2/c27-23(22-13-17-9-4-5-12-21(17)28-22)25-19-10-6-11-20-18(19)14-24-26(20)15-16-7-2-1-3-8-16/h1-5,7-9,12,14,19,22H,6,10-11,13,15H2,(H,25,27)/t19-,22-/m0/s1. The van der Waals surface area contributed by atoms with Crippen LogP contribution in [-0.4, -0.2) is 21.8 Å². The summed E-state index contributed by atoms with van der Waals surface area (Å²) < 4.78 is 7.92. The van der Waals surface area contributed by atoms with Crippen molar-refractivity contribution in [3.63, 3.8) is 0 Å². The van der Waals surface area contributed by atoms with Gasteiger partial charge in [0.05, 0.1) is 18.8 Å². The van der Waals surface area contributed by atoms with Gasteiger partial charge in [-0.05, 0) is 36.5 Å². The van der Waals surface area contributed by atoms with Crippen molar-refractivity contribution in [1.82, 2.24) is 15.1 Å². The Hall–Kier alpha value is -3.08. The maximum atomic E-state index is 12.8. The van der Waals surface area contributed by atoms with E-state index in [1.165, 1.54) is 11.3 Å². The number of hydrogen-bond acceptors (Lipinski definition) is 3. The van der Waals surface area contributed by atoms with Crippen molar-refractivity contribution >= 4 is 5.91 Å². The van der Waals surface area contributed by atoms with Gasteiger partial charge in [-0.2, -0.15) is 5.10 Å². The Bertz CT molecular complexity index is 971. The van der Waals surface area contributed by atoms with E-state index in [-0.39, 0.29) is 11.9 Å². The normalized spacial score (nSPS) is 20.1. The number of para-hydroxylation sites is 1. The summed E-state index contributed by atoms with van der Waals surface area (Å²) >= 11 is 0. The molecule has 0 saturated carbocycles. The third kappa shape index (κ3) is 3.17. The van der Waals surface area contributed by atoms with Gasteiger partial charge in [-0.25, -0.2) is 0 Å². The first-order valence-electron chi connectivity index (χ1n) is 9.91. The van der Waals surface area contributed by atoms with Gasteiger partial charge >= 0.3 is 0 Å². The molecule has 2 aromatic carbocycles. The van der Waals surface area contributed by atoms with Gasteiger partial charge in [0, 0.05) is 17.7 Å². The molecule has 5 rings (SSSR count). The number of carbonyl (C=O) groups excluding carboxylic acids is 1. The van der Waals surface area contributed by atoms with Gasteiger partial charge in [0.2, 0.25) is 0 Å². The number of rotatable bonds is 4. The molecule has 1 amide bonds. The number of ether oxygens (including phenoxy) is 1. The number of hydrogen-bond donors (Lipinski definition) is 1. The fourth-order valence-electron chi connectivity index (χ4n) is 4.25. The molecule has 1 N–H and O–H groups in total. The third-order valence-electron chi connectivity index (χ3n) is 5.69. The van der Waals surface area contributed by atoms with Crippen LogP contribution in [0.3, 0.4) is 0 Å². The molecule has 0 unspecified atom stereocenters. The lowest BCUT2D eigenvalue weighted by Crippen LogP contribution is -2.40. The van der Waals surface area contributed by atoms with E-state index < -0.39 is 6.10 Å². The first-order valence-corrected chi connectivity index (χ1v) is 9.91. The summed E-state index contributed by atoms with van der Waals surface area (Å²) in [5.74, 6) is 0.785. The Morgan fingerprint density at radius 3 is 2.82 bits per heavy atom. The van der Waals surface area contributed by atoms with E-state index in [9.17, 15) is 4.79 Å². The van der Waals surface area contributed by atoms with Crippen molar-refractivity contribution in [2.45, 2.75) is 44.4 Å². The average Bonchev–Trinajstić information content (AvgIpc) is 3.34. The second-order valence-electron chi connectivity index (χ2n) is 7.56. The number of fused-ring (bicyclic) bond motifs is 2. The number of amides is 1. The van der Waals surface area contributed by atoms with E-state index in [0.717, 1.165) is 42.7 Å². The highest BCUT2D eigenvalue weighted by Gasteiger charge is 2.32. The highest BCUT2D eigenvalue weighted by Crippen LogP contribution is 2.32. The van der Waals surface area contributed by atoms with Crippen LogP contribution in [0.4, 0.5) is 0 Å². The Labute approximate surface area is 164 Å². The van der Waals surface area contributed by atoms with Crippen LogP contribution in [0, 0.1) is 0 Å². The number of carbonyl (C=O) groups is 1. The SMILES string of the molecule is O=C(N[C@H]1CCCc2c1cnn2Cc1ccccc1)[C@@H]1Cc2ccccc2O1. The van der Waals surface area contributed by atoms with Gasteiger partial charge in [-0.15, -0.1) is 0 Å². The molecule has 5 nitrogen and oxygen atoms in total. The van der Waals surface area contributed by atoms with Crippen molar-refractivity contribution < 1.29 is 9.53 Å². The Morgan fingerprint density at radius 2 is 1.96 bits per heavy atom. The molecule has 1 aliphatic heterocycles. The van der Waals surface area contributed by atoms with E-state index in [4.69, 9.17) is 4.74 Å². The van der Waals surface area contributed by atoms with E-state index in [2.05, 4.69) is 27.2 Å². The van der Waals surface area contributed by atoms with E-state index in [1.54, 1.807) is 0 Å². The second-order valence-corrected chi connectivity index (χ2v) is 7.56. The maximum absolute atomic E-state index is 12.8. The van der Waals surface area contributed by atoms with Crippen LogP contribution >= 0.6 is 0 Å². The van der Waals surface area contributed by atoms with Gasteiger partial charge in [0.15, 0.2) is 6.10 Å². The van der Waals surface area contributed by atoms with E-state index in [1.807, 2.05) is 48.7 Å². The smallest absolute Gasteiger partial charge is 0.261 e. The van der Waals surface area contributed by atoms with Gasteiger partial charge < -0.3 is 10.1 Å². The average molecular weight is 373 g/mol. The van der Waals surface area contributed by atoms with E-state index in [0.29, 0.717) is 6.42 Å². The monoisotopic (exact) mass is 373 g/mol. The Morgan fingerprint density at radius 1 is 1.14 bits per heavy atom. The van der Waals surface area contributed by atoms with Gasteiger partial charge in [-0.3, -0.25) is 9.48 Å². The number of benzene rings is 2. The first-order chi connectivity index (χ1) is 13.8. The minimum atomic E-state index is -0.442. The fraction of sp³-hybridized carbons (Fsp3) is 0.304. The summed E-state index contributed by atoms with van der Waals surface area (Å²) in [7, 11) is 0. The molecular weight excluding hydrogens is 350 g/mol. The largest absolute Gasteiger partial charge is 0.480 e. The summed E-state index contributed by atoms with van der Waals surface area (Å²) in [4.78, 5) is 12.8. The molecule has 1 aromatic heterocycles. The van der Waals surface area contributed by atoms with Crippen LogP contribution < -0.4 is 10.1 Å². The zero-order chi connectivity index (χ0) is 18.9. The quantitative estimate of drug-likeness (QED) is 0.762. The van der Waals surface area contributed by atoms with Crippen molar-refractivity contribution in [3.8, 4) is 5.75 Å². The van der Waals surface area contributed by atoms with Crippen molar-refractivity contribution in [2.24, 2.45) is 0 Å². The molecule has 28 heavy (non-hydrogen) atoms. The predicted molar refractivity (Wildman–Crippen MR) is 106 cm³/mol. The zero-order valence-corrected chi connectivity index (χ0v) is 15.7. The van der Waals surface area contributed by atoms with Crippen molar-refractivity contribution in [1.29, 1.82) is 0 Å². The number of nitrogens with zero attached hydrogens (tertiary/aromatic N) is 2. The van der Waals surface area contributed by atoms with Crippen LogP contribution in [0.5, 0.6) is 5.75 Å². The molecule has 2 heterocycles. The van der Waals surface area contributed by atoms with Crippen LogP contribution in [0.2, 0.25) is 0 Å². The van der Waals surface area contributed by atoms with E-state index >= 15 is 0 Å². The molecule has 0 fully saturated rings. The molecular formula is C23H23N3O2. The molecule has 2 aliphatic rings. The van der Waals surface area contributed by atoms with Crippen molar-refractivity contribution in [3.05, 3.63) is 83.2 Å². The molecule has 2 atom stereocenters. The molecule has 0 saturated heterocycles. The summed E-state index contributed by atoms with van der Waals surface area (Å²) in [6.07, 6.45) is 5.10. The summed E-state index contributed by atoms with van der Waals surface area (Å²) in [5, 5.41) is 7.83. The first kappa shape index (κ1) is 17.0. The molecule has 0 bridgehead atoms. The highest BCUT2D eigenvalue weighted by molar-refractivity contribution is 5.83. The molecule has 1 aliphatic carbocycles. The molecule has 3 aromatic rings. The van der Waals surface area contributed by atoms with Gasteiger partial charge in [-0.1, -0.05) is 48.5 Å². The number of nitrogens with one attached hydrogen (secondary N) is 1. The molecule has 142 valence electrons. The molecule has 5 heteroatoms. The fourth-order valence-corrected chi connectivity index (χ4v) is 4.25. The molecule has 0 radical (unpaired) electrons. The lowest BCUT2D eigenvalue weighted by molar-refractivity contribution is -0.128. The Kier molecular flexibility index (Phi) is 4.35. The third-order valence-corrected chi connectivity index (χ3v) is 5.69. The minimum absolute atomic E-state index is 0.00749. The van der Waals surface area contributed by atoms with Crippen LogP contribution in [0.25, 0.3) is 0 Å². The topological polar surface area (TPSA) is 56.2 Å². The number of aromatic nitrogens is 2. The Balaban J connectivity index is 1.30. The van der Waals surface area contributed by atoms with Gasteiger partial charge in [0.1, 0.15) is 5.75 Å². The van der Waals surface area contributed by atoms with Crippen LogP contribution in [0.15, 0.2) is 60.8 Å². The summed E-state index contributed by atoms with van der Waals surface area (Å²) in [6.45, 7) is 0.762. The van der Waals surface area contributed by atoms with Crippen LogP contribution in [0.1, 0.15) is 41.3 Å². The predicted octanol–water partition coefficient (Wildman–Crippen LogP) is 3.43. The lowest BCUT2D eigenvalue weighted by atomic mass is 9.92. The zero-order valence-electron chi connectivity index (χ0n) is 15.7. The molecule has 0 spiro atoms. The van der Waals surface area contributed by atoms with Crippen molar-refractivity contribution in [2.75, 3.05) is 0 Å². The minimum Gasteiger partial charge on any atom is -0.480 e. The van der Waals surface area contributed by atoms with Gasteiger partial charge in [0.25, 0.3) is 5.91 Å². The summed E-state index contributed by atoms with van der Waals surface area (Å²) in [5.41, 5.74) is 4.71. The summed E-state index contributed by atoms with van der Waals surface area (Å²) in [6, 6.07) is 18.2. The van der Waals surface area contributed by atoms with Crippen LogP contribution in [-0.2, 0) is 24.2 Å². The lowest BCUT2D eigenvalue weighted by Gasteiger charge is -2.25. The maximum Gasteiger partial charge on any atom is 0.261 e. The highest BCUT2D eigenvalue weighted by atomic mass is 16.5.